The molecule has 4 heteroatoms. The van der Waals surface area contributed by atoms with Gasteiger partial charge in [-0.1, -0.05) is 29.8 Å². The second-order valence-electron chi connectivity index (χ2n) is 4.24. The first-order valence-corrected chi connectivity index (χ1v) is 6.15. The van der Waals surface area contributed by atoms with Crippen LogP contribution in [0.5, 0.6) is 0 Å². The summed E-state index contributed by atoms with van der Waals surface area (Å²) in [6.45, 7) is 1.63. The molecule has 1 heterocycles. The third-order valence-corrected chi connectivity index (χ3v) is 3.54. The Balaban J connectivity index is 2.08. The van der Waals surface area contributed by atoms with Gasteiger partial charge in [0.2, 0.25) is 0 Å². The fraction of sp³-hybridized carbons (Fsp3) is 0.462. The van der Waals surface area contributed by atoms with Crippen molar-refractivity contribution in [2.75, 3.05) is 13.7 Å². The number of carbonyl (C=O) groups excluding carboxylic acids is 1. The zero-order chi connectivity index (χ0) is 12.3. The van der Waals surface area contributed by atoms with Gasteiger partial charge in [0, 0.05) is 11.6 Å². The van der Waals surface area contributed by atoms with Crippen LogP contribution in [0.1, 0.15) is 18.4 Å². The monoisotopic (exact) mass is 253 g/mol. The molecule has 17 heavy (non-hydrogen) atoms. The highest BCUT2D eigenvalue weighted by atomic mass is 35.5. The SMILES string of the molecule is COC(=O)C1CCCN1Cc1ccccc1Cl. The largest absolute Gasteiger partial charge is 0.468 e. The van der Waals surface area contributed by atoms with Gasteiger partial charge in [-0.25, -0.2) is 0 Å². The van der Waals surface area contributed by atoms with Crippen LogP contribution in [0.25, 0.3) is 0 Å². The average molecular weight is 254 g/mol. The quantitative estimate of drug-likeness (QED) is 0.775. The standard InChI is InChI=1S/C13H16ClNO2/c1-17-13(16)12-7-4-8-15(12)9-10-5-2-3-6-11(10)14/h2-3,5-6,12H,4,7-9H2,1H3. The van der Waals surface area contributed by atoms with Crippen LogP contribution in [0, 0.1) is 0 Å². The molecule has 2 rings (SSSR count). The number of methoxy groups -OCH3 is 1. The molecular formula is C13H16ClNO2. The van der Waals surface area contributed by atoms with Crippen molar-refractivity contribution < 1.29 is 9.53 Å². The maximum absolute atomic E-state index is 11.6. The molecular weight excluding hydrogens is 238 g/mol. The Morgan fingerprint density at radius 3 is 3.00 bits per heavy atom. The molecule has 0 N–H and O–H groups in total. The van der Waals surface area contributed by atoms with Crippen LogP contribution < -0.4 is 0 Å². The molecule has 0 amide bonds. The lowest BCUT2D eigenvalue weighted by Gasteiger charge is -2.22. The second-order valence-corrected chi connectivity index (χ2v) is 4.65. The summed E-state index contributed by atoms with van der Waals surface area (Å²) in [7, 11) is 1.44. The van der Waals surface area contributed by atoms with E-state index < -0.39 is 0 Å². The summed E-state index contributed by atoms with van der Waals surface area (Å²) < 4.78 is 4.82. The van der Waals surface area contributed by atoms with Gasteiger partial charge >= 0.3 is 5.97 Å². The molecule has 92 valence electrons. The number of benzene rings is 1. The predicted octanol–water partition coefficient (Wildman–Crippen LogP) is 2.48. The Morgan fingerprint density at radius 2 is 2.29 bits per heavy atom. The van der Waals surface area contributed by atoms with Gasteiger partial charge in [-0.05, 0) is 31.0 Å². The van der Waals surface area contributed by atoms with Gasteiger partial charge in [-0.15, -0.1) is 0 Å². The summed E-state index contributed by atoms with van der Waals surface area (Å²) in [5.41, 5.74) is 1.06. The third-order valence-electron chi connectivity index (χ3n) is 3.17. The van der Waals surface area contributed by atoms with E-state index in [9.17, 15) is 4.79 Å². The fourth-order valence-corrected chi connectivity index (χ4v) is 2.46. The van der Waals surface area contributed by atoms with E-state index in [0.29, 0.717) is 6.54 Å². The molecule has 0 spiro atoms. The third kappa shape index (κ3) is 2.79. The molecule has 1 aromatic carbocycles. The second kappa shape index (κ2) is 5.52. The van der Waals surface area contributed by atoms with E-state index in [1.165, 1.54) is 7.11 Å². The molecule has 1 aromatic rings. The van der Waals surface area contributed by atoms with Crippen molar-refractivity contribution in [3.05, 3.63) is 34.9 Å². The van der Waals surface area contributed by atoms with Crippen LogP contribution >= 0.6 is 11.6 Å². The number of hydrogen-bond donors (Lipinski definition) is 0. The summed E-state index contributed by atoms with van der Waals surface area (Å²) in [6.07, 6.45) is 1.90. The Kier molecular flexibility index (Phi) is 4.02. The molecule has 0 radical (unpaired) electrons. The van der Waals surface area contributed by atoms with Crippen molar-refractivity contribution in [1.29, 1.82) is 0 Å². The molecule has 1 aliphatic heterocycles. The van der Waals surface area contributed by atoms with Gasteiger partial charge in [0.1, 0.15) is 6.04 Å². The zero-order valence-electron chi connectivity index (χ0n) is 9.86. The Bertz CT molecular complexity index is 408. The normalized spacial score (nSPS) is 20.5. The highest BCUT2D eigenvalue weighted by Gasteiger charge is 2.31. The highest BCUT2D eigenvalue weighted by molar-refractivity contribution is 6.31. The minimum atomic E-state index is -0.144. The van der Waals surface area contributed by atoms with E-state index in [4.69, 9.17) is 16.3 Å². The number of hydrogen-bond acceptors (Lipinski definition) is 3. The smallest absolute Gasteiger partial charge is 0.323 e. The lowest BCUT2D eigenvalue weighted by Crippen LogP contribution is -2.36. The lowest BCUT2D eigenvalue weighted by molar-refractivity contribution is -0.146. The van der Waals surface area contributed by atoms with Gasteiger partial charge in [0.05, 0.1) is 7.11 Å². The van der Waals surface area contributed by atoms with E-state index in [1.54, 1.807) is 0 Å². The maximum atomic E-state index is 11.6. The highest BCUT2D eigenvalue weighted by Crippen LogP contribution is 2.24. The van der Waals surface area contributed by atoms with Crippen molar-refractivity contribution in [1.82, 2.24) is 4.90 Å². The fourth-order valence-electron chi connectivity index (χ4n) is 2.26. The maximum Gasteiger partial charge on any atom is 0.323 e. The van der Waals surface area contributed by atoms with Gasteiger partial charge in [0.25, 0.3) is 0 Å². The molecule has 1 saturated heterocycles. The molecule has 0 aromatic heterocycles. The molecule has 1 atom stereocenters. The van der Waals surface area contributed by atoms with E-state index in [-0.39, 0.29) is 12.0 Å². The van der Waals surface area contributed by atoms with Gasteiger partial charge in [0.15, 0.2) is 0 Å². The number of ether oxygens (including phenoxy) is 1. The first-order valence-electron chi connectivity index (χ1n) is 5.77. The first-order chi connectivity index (χ1) is 8.22. The van der Waals surface area contributed by atoms with Crippen LogP contribution in [-0.4, -0.2) is 30.6 Å². The lowest BCUT2D eigenvalue weighted by atomic mass is 10.2. The molecule has 1 aliphatic rings. The van der Waals surface area contributed by atoms with Crippen molar-refractivity contribution in [3.63, 3.8) is 0 Å². The number of carbonyl (C=O) groups is 1. The van der Waals surface area contributed by atoms with Gasteiger partial charge in [-0.2, -0.15) is 0 Å². The van der Waals surface area contributed by atoms with Crippen molar-refractivity contribution in [2.45, 2.75) is 25.4 Å². The summed E-state index contributed by atoms with van der Waals surface area (Å²) >= 11 is 6.12. The molecule has 0 bridgehead atoms. The van der Waals surface area contributed by atoms with Crippen LogP contribution in [0.15, 0.2) is 24.3 Å². The van der Waals surface area contributed by atoms with Crippen LogP contribution in [-0.2, 0) is 16.1 Å². The van der Waals surface area contributed by atoms with E-state index >= 15 is 0 Å². The molecule has 1 fully saturated rings. The number of likely N-dealkylation sites (tertiary alicyclic amines) is 1. The first kappa shape index (κ1) is 12.4. The topological polar surface area (TPSA) is 29.5 Å². The number of rotatable bonds is 3. The number of nitrogens with zero attached hydrogens (tertiary/aromatic N) is 1. The van der Waals surface area contributed by atoms with Crippen LogP contribution in [0.2, 0.25) is 5.02 Å². The Hall–Kier alpha value is -1.06. The van der Waals surface area contributed by atoms with E-state index in [2.05, 4.69) is 4.90 Å². The molecule has 0 aliphatic carbocycles. The van der Waals surface area contributed by atoms with Crippen LogP contribution in [0.3, 0.4) is 0 Å². The summed E-state index contributed by atoms with van der Waals surface area (Å²) in [5.74, 6) is -0.144. The molecule has 0 saturated carbocycles. The number of esters is 1. The van der Waals surface area contributed by atoms with Crippen LogP contribution in [0.4, 0.5) is 0 Å². The average Bonchev–Trinajstić information content (AvgIpc) is 2.79. The van der Waals surface area contributed by atoms with E-state index in [1.807, 2.05) is 24.3 Å². The Labute approximate surface area is 106 Å². The number of halogens is 1. The van der Waals surface area contributed by atoms with Gasteiger partial charge in [-0.3, -0.25) is 9.69 Å². The minimum Gasteiger partial charge on any atom is -0.468 e. The predicted molar refractivity (Wildman–Crippen MR) is 66.9 cm³/mol. The minimum absolute atomic E-state index is 0.115. The summed E-state index contributed by atoms with van der Waals surface area (Å²) in [4.78, 5) is 13.7. The summed E-state index contributed by atoms with van der Waals surface area (Å²) in [6, 6.07) is 7.63. The van der Waals surface area contributed by atoms with Crippen molar-refractivity contribution >= 4 is 17.6 Å². The molecule has 1 unspecified atom stereocenters. The van der Waals surface area contributed by atoms with Crippen molar-refractivity contribution in [3.8, 4) is 0 Å². The molecule has 3 nitrogen and oxygen atoms in total. The Morgan fingerprint density at radius 1 is 1.53 bits per heavy atom. The van der Waals surface area contributed by atoms with Gasteiger partial charge < -0.3 is 4.74 Å². The summed E-state index contributed by atoms with van der Waals surface area (Å²) in [5, 5.41) is 0.753. The zero-order valence-corrected chi connectivity index (χ0v) is 10.6. The van der Waals surface area contributed by atoms with E-state index in [0.717, 1.165) is 30.0 Å². The van der Waals surface area contributed by atoms with Crippen molar-refractivity contribution in [2.24, 2.45) is 0 Å².